The number of aryl methyl sites for hydroxylation is 1. The first-order chi connectivity index (χ1) is 14.5. The lowest BCUT2D eigenvalue weighted by atomic mass is 10.00. The van der Waals surface area contributed by atoms with Crippen molar-refractivity contribution in [3.63, 3.8) is 0 Å². The topological polar surface area (TPSA) is 101 Å². The lowest BCUT2D eigenvalue weighted by Gasteiger charge is -2.26. The minimum Gasteiger partial charge on any atom is -0.383 e. The van der Waals surface area contributed by atoms with Gasteiger partial charge in [0.05, 0.1) is 0 Å². The molecule has 0 spiro atoms. The van der Waals surface area contributed by atoms with Crippen molar-refractivity contribution in [2.45, 2.75) is 66.8 Å². The molecule has 1 amide bonds. The molecular weight excluding hydrogens is 392 g/mol. The van der Waals surface area contributed by atoms with Gasteiger partial charge in [0.15, 0.2) is 5.69 Å². The SMILES string of the molecule is CC(C)CN(C(=O)CCc1ccc(C(C)C)cc1)c1c(N)n(CC(C)C)c(=O)[nH]c1=O. The number of carbonyl (C=O) groups excluding carboxylic acids is 1. The Morgan fingerprint density at radius 1 is 1.03 bits per heavy atom. The molecule has 0 saturated heterocycles. The van der Waals surface area contributed by atoms with Crippen LogP contribution in [0.5, 0.6) is 0 Å². The van der Waals surface area contributed by atoms with Crippen LogP contribution in [-0.2, 0) is 17.8 Å². The zero-order valence-electron chi connectivity index (χ0n) is 19.6. The standard InChI is InChI=1S/C24H36N4O3/c1-15(2)13-27(20(29)12-9-18-7-10-19(11-8-18)17(5)6)21-22(25)28(14-16(3)4)24(31)26-23(21)30/h7-8,10-11,15-17H,9,12-14,25H2,1-6H3,(H,26,30,31). The number of nitrogens with zero attached hydrogens (tertiary/aromatic N) is 2. The largest absolute Gasteiger partial charge is 0.383 e. The fourth-order valence-electron chi connectivity index (χ4n) is 3.52. The maximum Gasteiger partial charge on any atom is 0.330 e. The zero-order valence-corrected chi connectivity index (χ0v) is 19.6. The number of nitrogens with two attached hydrogens (primary N) is 1. The third kappa shape index (κ3) is 6.32. The van der Waals surface area contributed by atoms with E-state index in [2.05, 4.69) is 31.0 Å². The van der Waals surface area contributed by atoms with Crippen LogP contribution in [0.4, 0.5) is 11.5 Å². The number of amides is 1. The minimum atomic E-state index is -0.627. The van der Waals surface area contributed by atoms with Crippen molar-refractivity contribution in [3.05, 3.63) is 56.2 Å². The predicted octanol–water partition coefficient (Wildman–Crippen LogP) is 3.52. The van der Waals surface area contributed by atoms with Gasteiger partial charge in [-0.15, -0.1) is 0 Å². The third-order valence-corrected chi connectivity index (χ3v) is 5.15. The van der Waals surface area contributed by atoms with E-state index in [0.29, 0.717) is 25.4 Å². The number of nitrogen functional groups attached to an aromatic ring is 1. The fraction of sp³-hybridized carbons (Fsp3) is 0.542. The van der Waals surface area contributed by atoms with E-state index in [1.807, 2.05) is 39.8 Å². The monoisotopic (exact) mass is 428 g/mol. The number of nitrogens with one attached hydrogen (secondary N) is 1. The summed E-state index contributed by atoms with van der Waals surface area (Å²) in [6.07, 6.45) is 0.811. The molecule has 0 bridgehead atoms. The van der Waals surface area contributed by atoms with Crippen LogP contribution in [0.2, 0.25) is 0 Å². The highest BCUT2D eigenvalue weighted by Gasteiger charge is 2.25. The molecule has 1 heterocycles. The number of carbonyl (C=O) groups is 1. The lowest BCUT2D eigenvalue weighted by molar-refractivity contribution is -0.118. The quantitative estimate of drug-likeness (QED) is 0.638. The number of aromatic amines is 1. The van der Waals surface area contributed by atoms with Gasteiger partial charge in [-0.05, 0) is 35.3 Å². The average molecular weight is 429 g/mol. The Kier molecular flexibility index (Phi) is 8.25. The fourth-order valence-corrected chi connectivity index (χ4v) is 3.52. The second-order valence-corrected chi connectivity index (χ2v) is 9.29. The third-order valence-electron chi connectivity index (χ3n) is 5.15. The van der Waals surface area contributed by atoms with E-state index >= 15 is 0 Å². The zero-order chi connectivity index (χ0) is 23.3. The first-order valence-electron chi connectivity index (χ1n) is 11.0. The van der Waals surface area contributed by atoms with Crippen LogP contribution < -0.4 is 21.9 Å². The molecule has 1 aromatic carbocycles. The van der Waals surface area contributed by atoms with Crippen LogP contribution in [0.3, 0.4) is 0 Å². The average Bonchev–Trinajstić information content (AvgIpc) is 2.68. The van der Waals surface area contributed by atoms with E-state index in [1.165, 1.54) is 15.0 Å². The molecule has 1 aromatic heterocycles. The van der Waals surface area contributed by atoms with E-state index < -0.39 is 11.2 Å². The molecule has 0 aliphatic carbocycles. The number of hydrogen-bond donors (Lipinski definition) is 2. The summed E-state index contributed by atoms with van der Waals surface area (Å²) in [6.45, 7) is 12.8. The molecule has 7 heteroatoms. The smallest absolute Gasteiger partial charge is 0.330 e. The molecule has 0 unspecified atom stereocenters. The summed E-state index contributed by atoms with van der Waals surface area (Å²) in [5, 5.41) is 0. The molecule has 170 valence electrons. The molecule has 0 aliphatic heterocycles. The first-order valence-corrected chi connectivity index (χ1v) is 11.0. The van der Waals surface area contributed by atoms with Crippen molar-refractivity contribution in [2.75, 3.05) is 17.2 Å². The van der Waals surface area contributed by atoms with Crippen LogP contribution >= 0.6 is 0 Å². The number of aromatic nitrogens is 2. The van der Waals surface area contributed by atoms with Crippen molar-refractivity contribution < 1.29 is 4.79 Å². The Hall–Kier alpha value is -2.83. The van der Waals surface area contributed by atoms with Gasteiger partial charge in [0.25, 0.3) is 5.56 Å². The Labute approximate surface area is 184 Å². The van der Waals surface area contributed by atoms with Crippen molar-refractivity contribution in [2.24, 2.45) is 11.8 Å². The lowest BCUT2D eigenvalue weighted by Crippen LogP contribution is -2.43. The minimum absolute atomic E-state index is 0.0396. The van der Waals surface area contributed by atoms with Crippen LogP contribution in [0.1, 0.15) is 65.0 Å². The molecule has 0 radical (unpaired) electrons. The summed E-state index contributed by atoms with van der Waals surface area (Å²) >= 11 is 0. The number of benzene rings is 1. The summed E-state index contributed by atoms with van der Waals surface area (Å²) in [4.78, 5) is 41.9. The number of rotatable bonds is 9. The second kappa shape index (κ2) is 10.5. The van der Waals surface area contributed by atoms with Gasteiger partial charge in [0.1, 0.15) is 5.82 Å². The van der Waals surface area contributed by atoms with Gasteiger partial charge in [-0.2, -0.15) is 0 Å². The van der Waals surface area contributed by atoms with Crippen molar-refractivity contribution in [1.29, 1.82) is 0 Å². The van der Waals surface area contributed by atoms with Crippen LogP contribution in [0.25, 0.3) is 0 Å². The molecule has 0 aliphatic rings. The maximum atomic E-state index is 13.2. The second-order valence-electron chi connectivity index (χ2n) is 9.29. The van der Waals surface area contributed by atoms with Crippen LogP contribution in [0.15, 0.2) is 33.9 Å². The van der Waals surface area contributed by atoms with Gasteiger partial charge in [-0.25, -0.2) is 4.79 Å². The van der Waals surface area contributed by atoms with Gasteiger partial charge in [-0.1, -0.05) is 65.8 Å². The van der Waals surface area contributed by atoms with E-state index in [9.17, 15) is 14.4 Å². The molecule has 31 heavy (non-hydrogen) atoms. The molecule has 7 nitrogen and oxygen atoms in total. The Bertz CT molecular complexity index is 1000. The molecule has 3 N–H and O–H groups in total. The molecule has 0 atom stereocenters. The molecular formula is C24H36N4O3. The Morgan fingerprint density at radius 2 is 1.65 bits per heavy atom. The normalized spacial score (nSPS) is 11.5. The molecule has 2 rings (SSSR count). The summed E-state index contributed by atoms with van der Waals surface area (Å²) in [5.74, 6) is 0.583. The van der Waals surface area contributed by atoms with Crippen LogP contribution in [-0.4, -0.2) is 22.0 Å². The highest BCUT2D eigenvalue weighted by Crippen LogP contribution is 2.21. The Balaban J connectivity index is 2.33. The first kappa shape index (κ1) is 24.4. The summed E-state index contributed by atoms with van der Waals surface area (Å²) in [6, 6.07) is 8.25. The highest BCUT2D eigenvalue weighted by molar-refractivity contribution is 5.95. The molecule has 0 fully saturated rings. The summed E-state index contributed by atoms with van der Waals surface area (Å²) in [5.41, 5.74) is 7.45. The van der Waals surface area contributed by atoms with E-state index in [1.54, 1.807) is 0 Å². The number of H-pyrrole nitrogens is 1. The van der Waals surface area contributed by atoms with E-state index in [0.717, 1.165) is 5.56 Å². The van der Waals surface area contributed by atoms with E-state index in [4.69, 9.17) is 5.73 Å². The van der Waals surface area contributed by atoms with Gasteiger partial charge in [0, 0.05) is 19.5 Å². The predicted molar refractivity (Wildman–Crippen MR) is 127 cm³/mol. The number of anilines is 2. The van der Waals surface area contributed by atoms with Crippen LogP contribution in [0, 0.1) is 11.8 Å². The van der Waals surface area contributed by atoms with E-state index in [-0.39, 0.29) is 35.7 Å². The van der Waals surface area contributed by atoms with Gasteiger partial charge >= 0.3 is 5.69 Å². The van der Waals surface area contributed by atoms with Crippen molar-refractivity contribution in [1.82, 2.24) is 9.55 Å². The summed E-state index contributed by atoms with van der Waals surface area (Å²) < 4.78 is 1.34. The van der Waals surface area contributed by atoms with Gasteiger partial charge in [-0.3, -0.25) is 19.1 Å². The maximum absolute atomic E-state index is 13.2. The van der Waals surface area contributed by atoms with Crippen molar-refractivity contribution in [3.8, 4) is 0 Å². The molecule has 2 aromatic rings. The number of hydrogen-bond acceptors (Lipinski definition) is 4. The molecule has 0 saturated carbocycles. The highest BCUT2D eigenvalue weighted by atomic mass is 16.2. The summed E-state index contributed by atoms with van der Waals surface area (Å²) in [7, 11) is 0. The van der Waals surface area contributed by atoms with Gasteiger partial charge in [0.2, 0.25) is 5.91 Å². The Morgan fingerprint density at radius 3 is 2.16 bits per heavy atom. The van der Waals surface area contributed by atoms with Crippen molar-refractivity contribution >= 4 is 17.4 Å². The van der Waals surface area contributed by atoms with Gasteiger partial charge < -0.3 is 10.6 Å².